The molecule has 1 N–H and O–H groups in total. The quantitative estimate of drug-likeness (QED) is 0.840. The van der Waals surface area contributed by atoms with Gasteiger partial charge in [-0.2, -0.15) is 0 Å². The molecule has 6 nitrogen and oxygen atoms in total. The molecule has 1 aromatic carbocycles. The van der Waals surface area contributed by atoms with Gasteiger partial charge in [0.1, 0.15) is 6.54 Å². The number of esters is 1. The smallest absolute Gasteiger partial charge is 0.323 e. The van der Waals surface area contributed by atoms with Gasteiger partial charge in [-0.05, 0) is 17.7 Å². The lowest BCUT2D eigenvalue weighted by Crippen LogP contribution is -2.34. The number of hydrogen-bond acceptors (Lipinski definition) is 4. The number of halogens is 1. The van der Waals surface area contributed by atoms with Gasteiger partial charge in [-0.25, -0.2) is 0 Å². The molecule has 1 unspecified atom stereocenters. The first-order valence-electron chi connectivity index (χ1n) is 5.83. The molecular weight excluding hydrogens is 330 g/mol. The van der Waals surface area contributed by atoms with Crippen molar-refractivity contribution < 1.29 is 24.2 Å². The summed E-state index contributed by atoms with van der Waals surface area (Å²) in [5.74, 6) is -2.01. The first kappa shape index (κ1) is 14.5. The predicted molar refractivity (Wildman–Crippen MR) is 72.2 cm³/mol. The van der Waals surface area contributed by atoms with Crippen molar-refractivity contribution >= 4 is 33.8 Å². The zero-order chi connectivity index (χ0) is 14.9. The van der Waals surface area contributed by atoms with Crippen molar-refractivity contribution in [3.63, 3.8) is 0 Å². The summed E-state index contributed by atoms with van der Waals surface area (Å²) in [6.45, 7) is -0.452. The van der Waals surface area contributed by atoms with E-state index in [1.807, 2.05) is 0 Å². The monoisotopic (exact) mass is 341 g/mol. The topological polar surface area (TPSA) is 83.9 Å². The molecule has 0 fully saturated rings. The van der Waals surface area contributed by atoms with E-state index < -0.39 is 30.4 Å². The number of carbonyl (C=O) groups is 3. The molecule has 0 saturated heterocycles. The molecule has 0 radical (unpaired) electrons. The van der Waals surface area contributed by atoms with E-state index >= 15 is 0 Å². The number of aliphatic carboxylic acids is 1. The number of carbonyl (C=O) groups excluding carboxylic acids is 2. The number of fused-ring (bicyclic) bond motifs is 1. The summed E-state index contributed by atoms with van der Waals surface area (Å²) in [5, 5.41) is 8.92. The normalized spacial score (nSPS) is 17.0. The van der Waals surface area contributed by atoms with Gasteiger partial charge in [0.15, 0.2) is 0 Å². The van der Waals surface area contributed by atoms with Crippen molar-refractivity contribution in [2.24, 2.45) is 0 Å². The summed E-state index contributed by atoms with van der Waals surface area (Å²) < 4.78 is 5.33. The molecule has 7 heteroatoms. The number of hydrogen-bond donors (Lipinski definition) is 1. The molecule has 0 aliphatic carbocycles. The lowest BCUT2D eigenvalue weighted by molar-refractivity contribution is -0.143. The number of amides is 1. The summed E-state index contributed by atoms with van der Waals surface area (Å²) in [6.07, 6.45) is -0.0653. The second-order valence-corrected chi connectivity index (χ2v) is 5.27. The fourth-order valence-corrected chi connectivity index (χ4v) is 2.62. The SMILES string of the molecule is COC(=O)CC1c2ccc(Br)cc2C(=O)N1CC(=O)O. The number of nitrogens with zero attached hydrogens (tertiary/aromatic N) is 1. The zero-order valence-electron chi connectivity index (χ0n) is 10.6. The van der Waals surface area contributed by atoms with E-state index in [0.29, 0.717) is 11.1 Å². The Hall–Kier alpha value is -1.89. The zero-order valence-corrected chi connectivity index (χ0v) is 12.2. The summed E-state index contributed by atoms with van der Waals surface area (Å²) in [5.41, 5.74) is 1.05. The van der Waals surface area contributed by atoms with Crippen LogP contribution in [0, 0.1) is 0 Å². The van der Waals surface area contributed by atoms with Crippen molar-refractivity contribution in [1.29, 1.82) is 0 Å². The van der Waals surface area contributed by atoms with Gasteiger partial charge in [0.25, 0.3) is 5.91 Å². The van der Waals surface area contributed by atoms with Gasteiger partial charge in [0.05, 0.1) is 19.6 Å². The predicted octanol–water partition coefficient (Wildman–Crippen LogP) is 1.59. The number of ether oxygens (including phenoxy) is 1. The van der Waals surface area contributed by atoms with Crippen LogP contribution in [0.1, 0.15) is 28.4 Å². The average molecular weight is 342 g/mol. The Balaban J connectivity index is 2.40. The van der Waals surface area contributed by atoms with Gasteiger partial charge in [0.2, 0.25) is 0 Å². The van der Waals surface area contributed by atoms with Crippen LogP contribution < -0.4 is 0 Å². The van der Waals surface area contributed by atoms with E-state index in [1.165, 1.54) is 12.0 Å². The van der Waals surface area contributed by atoms with E-state index in [2.05, 4.69) is 20.7 Å². The summed E-state index contributed by atoms with van der Waals surface area (Å²) in [7, 11) is 1.25. The highest BCUT2D eigenvalue weighted by Gasteiger charge is 2.39. The first-order valence-corrected chi connectivity index (χ1v) is 6.62. The Bertz CT molecular complexity index is 586. The van der Waals surface area contributed by atoms with Crippen molar-refractivity contribution in [2.45, 2.75) is 12.5 Å². The molecule has 2 rings (SSSR count). The Kier molecular flexibility index (Phi) is 4.08. The van der Waals surface area contributed by atoms with Gasteiger partial charge in [0, 0.05) is 10.0 Å². The molecule has 1 heterocycles. The highest BCUT2D eigenvalue weighted by atomic mass is 79.9. The standard InChI is InChI=1S/C13H12BrNO5/c1-20-12(18)5-10-8-3-2-7(14)4-9(8)13(19)15(10)6-11(16)17/h2-4,10H,5-6H2,1H3,(H,16,17). The van der Waals surface area contributed by atoms with E-state index in [4.69, 9.17) is 5.11 Å². The third-order valence-corrected chi connectivity index (χ3v) is 3.63. The minimum absolute atomic E-state index is 0.0653. The molecule has 0 saturated carbocycles. The summed E-state index contributed by atoms with van der Waals surface area (Å²) >= 11 is 3.27. The third-order valence-electron chi connectivity index (χ3n) is 3.14. The Morgan fingerprint density at radius 2 is 2.15 bits per heavy atom. The molecule has 1 aliphatic rings. The molecular formula is C13H12BrNO5. The van der Waals surface area contributed by atoms with Crippen molar-refractivity contribution in [2.75, 3.05) is 13.7 Å². The fourth-order valence-electron chi connectivity index (χ4n) is 2.26. The van der Waals surface area contributed by atoms with Crippen molar-refractivity contribution in [1.82, 2.24) is 4.90 Å². The van der Waals surface area contributed by atoms with Crippen LogP contribution in [0.2, 0.25) is 0 Å². The van der Waals surface area contributed by atoms with Gasteiger partial charge in [-0.1, -0.05) is 22.0 Å². The maximum atomic E-state index is 12.3. The highest BCUT2D eigenvalue weighted by Crippen LogP contribution is 2.37. The average Bonchev–Trinajstić information content (AvgIpc) is 2.63. The second-order valence-electron chi connectivity index (χ2n) is 4.35. The van der Waals surface area contributed by atoms with Crippen molar-refractivity contribution in [3.05, 3.63) is 33.8 Å². The van der Waals surface area contributed by atoms with Crippen molar-refractivity contribution in [3.8, 4) is 0 Å². The molecule has 1 aromatic rings. The molecule has 1 atom stereocenters. The lowest BCUT2D eigenvalue weighted by Gasteiger charge is -2.22. The lowest BCUT2D eigenvalue weighted by atomic mass is 10.0. The van der Waals surface area contributed by atoms with E-state index in [0.717, 1.165) is 4.47 Å². The maximum Gasteiger partial charge on any atom is 0.323 e. The van der Waals surface area contributed by atoms with E-state index in [1.54, 1.807) is 18.2 Å². The fraction of sp³-hybridized carbons (Fsp3) is 0.308. The Morgan fingerprint density at radius 3 is 2.75 bits per heavy atom. The molecule has 0 bridgehead atoms. The molecule has 1 amide bonds. The number of carboxylic acid groups (broad SMARTS) is 1. The van der Waals surface area contributed by atoms with Gasteiger partial charge in [-0.3, -0.25) is 14.4 Å². The number of rotatable bonds is 4. The van der Waals surface area contributed by atoms with Gasteiger partial charge >= 0.3 is 11.9 Å². The number of carboxylic acids is 1. The van der Waals surface area contributed by atoms with Gasteiger partial charge < -0.3 is 14.7 Å². The number of methoxy groups -OCH3 is 1. The molecule has 0 aromatic heterocycles. The molecule has 1 aliphatic heterocycles. The Morgan fingerprint density at radius 1 is 1.45 bits per heavy atom. The largest absolute Gasteiger partial charge is 0.480 e. The number of benzene rings is 1. The highest BCUT2D eigenvalue weighted by molar-refractivity contribution is 9.10. The van der Waals surface area contributed by atoms with Crippen LogP contribution in [0.15, 0.2) is 22.7 Å². The Labute approximate surface area is 123 Å². The summed E-state index contributed by atoms with van der Waals surface area (Å²) in [6, 6.07) is 4.49. The van der Waals surface area contributed by atoms with Crippen LogP contribution in [-0.2, 0) is 14.3 Å². The summed E-state index contributed by atoms with van der Waals surface area (Å²) in [4.78, 5) is 35.8. The maximum absolute atomic E-state index is 12.3. The minimum Gasteiger partial charge on any atom is -0.480 e. The second kappa shape index (κ2) is 5.62. The molecule has 20 heavy (non-hydrogen) atoms. The van der Waals surface area contributed by atoms with Crippen LogP contribution in [0.4, 0.5) is 0 Å². The van der Waals surface area contributed by atoms with Gasteiger partial charge in [-0.15, -0.1) is 0 Å². The van der Waals surface area contributed by atoms with Crippen LogP contribution in [-0.4, -0.2) is 41.5 Å². The molecule has 106 valence electrons. The van der Waals surface area contributed by atoms with E-state index in [9.17, 15) is 14.4 Å². The third kappa shape index (κ3) is 2.67. The van der Waals surface area contributed by atoms with Crippen LogP contribution in [0.25, 0.3) is 0 Å². The minimum atomic E-state index is -1.12. The van der Waals surface area contributed by atoms with Crippen LogP contribution in [0.5, 0.6) is 0 Å². The first-order chi connectivity index (χ1) is 9.43. The van der Waals surface area contributed by atoms with E-state index in [-0.39, 0.29) is 6.42 Å². The molecule has 0 spiro atoms. The van der Waals surface area contributed by atoms with Crippen LogP contribution >= 0.6 is 15.9 Å². The van der Waals surface area contributed by atoms with Crippen LogP contribution in [0.3, 0.4) is 0 Å².